The number of aromatic carboxylic acids is 1. The first kappa shape index (κ1) is 14.0. The molecule has 6 nitrogen and oxygen atoms in total. The monoisotopic (exact) mass is 267 g/mol. The van der Waals surface area contributed by atoms with Crippen LogP contribution in [0, 0.1) is 11.8 Å². The molecule has 0 saturated heterocycles. The fraction of sp³-hybridized carbons (Fsp3) is 0.769. The molecular weight excluding hydrogens is 246 g/mol. The zero-order valence-corrected chi connectivity index (χ0v) is 11.7. The lowest BCUT2D eigenvalue weighted by atomic mass is 9.80. The molecule has 106 valence electrons. The maximum atomic E-state index is 11.1. The molecule has 1 fully saturated rings. The van der Waals surface area contributed by atoms with E-state index in [1.165, 1.54) is 6.42 Å². The van der Waals surface area contributed by atoms with Gasteiger partial charge in [-0.15, -0.1) is 5.10 Å². The van der Waals surface area contributed by atoms with Gasteiger partial charge in [0.2, 0.25) is 0 Å². The lowest BCUT2D eigenvalue weighted by Gasteiger charge is -2.32. The van der Waals surface area contributed by atoms with E-state index in [0.29, 0.717) is 17.5 Å². The molecule has 1 aromatic rings. The molecule has 1 aliphatic carbocycles. The molecule has 1 saturated carbocycles. The van der Waals surface area contributed by atoms with Crippen LogP contribution in [0.5, 0.6) is 0 Å². The number of aromatic nitrogens is 3. The standard InChI is InChI=1S/C13H21N3O3/c1-8-4-9(2)6-10(5-8)16-11(7-19-3)12(13(17)18)14-15-16/h8-10H,4-7H2,1-3H3,(H,17,18). The summed E-state index contributed by atoms with van der Waals surface area (Å²) in [5.41, 5.74) is 0.578. The Morgan fingerprint density at radius 2 is 2.00 bits per heavy atom. The number of hydrogen-bond acceptors (Lipinski definition) is 4. The highest BCUT2D eigenvalue weighted by atomic mass is 16.5. The van der Waals surface area contributed by atoms with E-state index in [1.807, 2.05) is 0 Å². The maximum absolute atomic E-state index is 11.1. The first-order chi connectivity index (χ1) is 9.02. The Hall–Kier alpha value is -1.43. The van der Waals surface area contributed by atoms with Gasteiger partial charge in [-0.1, -0.05) is 19.1 Å². The molecule has 1 N–H and O–H groups in total. The smallest absolute Gasteiger partial charge is 0.358 e. The second-order valence-electron chi connectivity index (χ2n) is 5.64. The molecule has 6 heteroatoms. The van der Waals surface area contributed by atoms with Gasteiger partial charge in [0.1, 0.15) is 0 Å². The zero-order chi connectivity index (χ0) is 14.0. The van der Waals surface area contributed by atoms with Crippen LogP contribution in [0.4, 0.5) is 0 Å². The average Bonchev–Trinajstić information content (AvgIpc) is 2.72. The van der Waals surface area contributed by atoms with Crippen LogP contribution in [0.3, 0.4) is 0 Å². The molecule has 0 spiro atoms. The van der Waals surface area contributed by atoms with Crippen molar-refractivity contribution >= 4 is 5.97 Å². The fourth-order valence-corrected chi connectivity index (χ4v) is 3.15. The fourth-order valence-electron chi connectivity index (χ4n) is 3.15. The molecule has 0 radical (unpaired) electrons. The van der Waals surface area contributed by atoms with E-state index >= 15 is 0 Å². The summed E-state index contributed by atoms with van der Waals surface area (Å²) in [6.45, 7) is 4.69. The van der Waals surface area contributed by atoms with Gasteiger partial charge in [0.05, 0.1) is 18.3 Å². The molecule has 0 aliphatic heterocycles. The molecule has 0 aromatic carbocycles. The summed E-state index contributed by atoms with van der Waals surface area (Å²) in [4.78, 5) is 11.1. The van der Waals surface area contributed by atoms with Gasteiger partial charge in [-0.3, -0.25) is 0 Å². The number of carboxylic acid groups (broad SMARTS) is 1. The van der Waals surface area contributed by atoms with Crippen molar-refractivity contribution in [2.75, 3.05) is 7.11 Å². The molecule has 0 bridgehead atoms. The molecule has 1 heterocycles. The van der Waals surface area contributed by atoms with Crippen LogP contribution in [0.25, 0.3) is 0 Å². The van der Waals surface area contributed by atoms with Crippen LogP contribution in [0.2, 0.25) is 0 Å². The number of carboxylic acids is 1. The Morgan fingerprint density at radius 1 is 1.37 bits per heavy atom. The number of methoxy groups -OCH3 is 1. The topological polar surface area (TPSA) is 77.2 Å². The Morgan fingerprint density at radius 3 is 2.53 bits per heavy atom. The minimum atomic E-state index is -1.05. The van der Waals surface area contributed by atoms with Gasteiger partial charge in [-0.2, -0.15) is 0 Å². The number of carbonyl (C=O) groups is 1. The van der Waals surface area contributed by atoms with Crippen molar-refractivity contribution in [3.05, 3.63) is 11.4 Å². The third-order valence-corrected chi connectivity index (χ3v) is 3.77. The Kier molecular flexibility index (Phi) is 4.19. The van der Waals surface area contributed by atoms with Crippen molar-refractivity contribution < 1.29 is 14.6 Å². The van der Waals surface area contributed by atoms with Gasteiger partial charge in [0, 0.05) is 7.11 Å². The minimum Gasteiger partial charge on any atom is -0.476 e. The van der Waals surface area contributed by atoms with Crippen molar-refractivity contribution in [2.24, 2.45) is 11.8 Å². The highest BCUT2D eigenvalue weighted by Crippen LogP contribution is 2.36. The highest BCUT2D eigenvalue weighted by Gasteiger charge is 2.29. The van der Waals surface area contributed by atoms with Crippen LogP contribution >= 0.6 is 0 Å². The number of rotatable bonds is 4. The van der Waals surface area contributed by atoms with Crippen LogP contribution in [-0.2, 0) is 11.3 Å². The molecule has 1 aromatic heterocycles. The summed E-state index contributed by atoms with van der Waals surface area (Å²) in [7, 11) is 1.55. The van der Waals surface area contributed by atoms with E-state index in [4.69, 9.17) is 9.84 Å². The second-order valence-corrected chi connectivity index (χ2v) is 5.64. The van der Waals surface area contributed by atoms with E-state index in [9.17, 15) is 4.79 Å². The zero-order valence-electron chi connectivity index (χ0n) is 11.7. The van der Waals surface area contributed by atoms with Gasteiger partial charge in [-0.25, -0.2) is 9.48 Å². The summed E-state index contributed by atoms with van der Waals surface area (Å²) in [6, 6.07) is 0.226. The van der Waals surface area contributed by atoms with Gasteiger partial charge < -0.3 is 9.84 Å². The largest absolute Gasteiger partial charge is 0.476 e. The number of hydrogen-bond donors (Lipinski definition) is 1. The summed E-state index contributed by atoms with van der Waals surface area (Å²) < 4.78 is 6.86. The molecule has 0 amide bonds. The Bertz CT molecular complexity index is 448. The van der Waals surface area contributed by atoms with Crippen LogP contribution in [0.1, 0.15) is 55.3 Å². The molecule has 2 rings (SSSR count). The summed E-state index contributed by atoms with van der Waals surface area (Å²) in [5.74, 6) is 0.207. The van der Waals surface area contributed by atoms with Gasteiger partial charge in [0.15, 0.2) is 5.69 Å². The lowest BCUT2D eigenvalue weighted by molar-refractivity contribution is 0.0684. The predicted molar refractivity (Wildman–Crippen MR) is 68.9 cm³/mol. The molecule has 2 atom stereocenters. The van der Waals surface area contributed by atoms with E-state index in [0.717, 1.165) is 12.8 Å². The molecular formula is C13H21N3O3. The first-order valence-corrected chi connectivity index (χ1v) is 6.69. The van der Waals surface area contributed by atoms with Crippen LogP contribution < -0.4 is 0 Å². The van der Waals surface area contributed by atoms with Gasteiger partial charge >= 0.3 is 5.97 Å². The van der Waals surface area contributed by atoms with Crippen molar-refractivity contribution in [3.8, 4) is 0 Å². The van der Waals surface area contributed by atoms with Crippen molar-refractivity contribution in [2.45, 2.75) is 45.8 Å². The third-order valence-electron chi connectivity index (χ3n) is 3.77. The quantitative estimate of drug-likeness (QED) is 0.904. The summed E-state index contributed by atoms with van der Waals surface area (Å²) in [6.07, 6.45) is 3.25. The minimum absolute atomic E-state index is 0.00716. The second kappa shape index (κ2) is 5.69. The van der Waals surface area contributed by atoms with E-state index < -0.39 is 5.97 Å². The normalized spacial score (nSPS) is 27.4. The predicted octanol–water partition coefficient (Wildman–Crippen LogP) is 2.12. The number of nitrogens with zero attached hydrogens (tertiary/aromatic N) is 3. The van der Waals surface area contributed by atoms with Gasteiger partial charge in [0.25, 0.3) is 0 Å². The molecule has 1 aliphatic rings. The lowest BCUT2D eigenvalue weighted by Crippen LogP contribution is -2.25. The van der Waals surface area contributed by atoms with Crippen molar-refractivity contribution in [1.82, 2.24) is 15.0 Å². The average molecular weight is 267 g/mol. The molecule has 19 heavy (non-hydrogen) atoms. The number of ether oxygens (including phenoxy) is 1. The van der Waals surface area contributed by atoms with E-state index in [2.05, 4.69) is 24.2 Å². The Balaban J connectivity index is 2.30. The summed E-state index contributed by atoms with van der Waals surface area (Å²) in [5, 5.41) is 17.0. The molecule has 2 unspecified atom stereocenters. The van der Waals surface area contributed by atoms with Crippen molar-refractivity contribution in [3.63, 3.8) is 0 Å². The van der Waals surface area contributed by atoms with Crippen molar-refractivity contribution in [1.29, 1.82) is 0 Å². The van der Waals surface area contributed by atoms with Crippen LogP contribution in [-0.4, -0.2) is 33.2 Å². The Labute approximate surface area is 112 Å². The first-order valence-electron chi connectivity index (χ1n) is 6.69. The maximum Gasteiger partial charge on any atom is 0.358 e. The SMILES string of the molecule is COCc1c(C(=O)O)nnn1C1CC(C)CC(C)C1. The van der Waals surface area contributed by atoms with E-state index in [-0.39, 0.29) is 18.3 Å². The van der Waals surface area contributed by atoms with Gasteiger partial charge in [-0.05, 0) is 31.1 Å². The van der Waals surface area contributed by atoms with Crippen LogP contribution in [0.15, 0.2) is 0 Å². The summed E-state index contributed by atoms with van der Waals surface area (Å²) >= 11 is 0. The van der Waals surface area contributed by atoms with E-state index in [1.54, 1.807) is 11.8 Å². The third kappa shape index (κ3) is 2.94. The highest BCUT2D eigenvalue weighted by molar-refractivity contribution is 5.86.